The second-order valence-electron chi connectivity index (χ2n) is 4.20. The maximum Gasteiger partial charge on any atom is 0.307 e. The highest BCUT2D eigenvalue weighted by Crippen LogP contribution is 2.28. The summed E-state index contributed by atoms with van der Waals surface area (Å²) >= 11 is 0. The van der Waals surface area contributed by atoms with Gasteiger partial charge in [-0.25, -0.2) is 10.1 Å². The van der Waals surface area contributed by atoms with E-state index in [2.05, 4.69) is 15.2 Å². The molecule has 0 aliphatic carbocycles. The van der Waals surface area contributed by atoms with Crippen LogP contribution in [0.5, 0.6) is 5.75 Å². The zero-order valence-electron chi connectivity index (χ0n) is 10.5. The van der Waals surface area contributed by atoms with Gasteiger partial charge >= 0.3 is 5.56 Å². The van der Waals surface area contributed by atoms with Crippen LogP contribution in [0, 0.1) is 6.92 Å². The summed E-state index contributed by atoms with van der Waals surface area (Å²) in [6, 6.07) is 5.80. The molecule has 0 saturated carbocycles. The Morgan fingerprint density at radius 1 is 1.37 bits per heavy atom. The number of ether oxygens (including phenoxy) is 1. The standard InChI is InChI=1S/C13H12N4O2/c1-8-3-4-9(10(7-8)19-2)11-15-16-13(18)12-14-5-6-17(11)12/h3-7H,1-2H3,(H,16,18). The molecule has 0 saturated heterocycles. The minimum absolute atomic E-state index is 0.313. The highest BCUT2D eigenvalue weighted by atomic mass is 16.5. The van der Waals surface area contributed by atoms with Crippen molar-refractivity contribution in [2.45, 2.75) is 6.92 Å². The average Bonchev–Trinajstić information content (AvgIpc) is 2.90. The molecule has 0 amide bonds. The van der Waals surface area contributed by atoms with Crippen LogP contribution >= 0.6 is 0 Å². The molecule has 1 N–H and O–H groups in total. The van der Waals surface area contributed by atoms with E-state index in [1.165, 1.54) is 0 Å². The molecule has 0 bridgehead atoms. The first-order valence-corrected chi connectivity index (χ1v) is 5.77. The van der Waals surface area contributed by atoms with Crippen molar-refractivity contribution in [3.63, 3.8) is 0 Å². The summed E-state index contributed by atoms with van der Waals surface area (Å²) in [7, 11) is 1.61. The highest BCUT2D eigenvalue weighted by molar-refractivity contribution is 5.66. The molecule has 2 aromatic heterocycles. The van der Waals surface area contributed by atoms with Gasteiger partial charge in [-0.1, -0.05) is 6.07 Å². The molecule has 0 atom stereocenters. The second kappa shape index (κ2) is 4.24. The van der Waals surface area contributed by atoms with Crippen molar-refractivity contribution >= 4 is 5.65 Å². The number of imidazole rings is 1. The largest absolute Gasteiger partial charge is 0.496 e. The summed E-state index contributed by atoms with van der Waals surface area (Å²) in [6.07, 6.45) is 3.27. The van der Waals surface area contributed by atoms with Crippen molar-refractivity contribution in [3.05, 3.63) is 46.5 Å². The molecule has 0 aliphatic rings. The van der Waals surface area contributed by atoms with Crippen LogP contribution in [0.4, 0.5) is 0 Å². The van der Waals surface area contributed by atoms with Crippen LogP contribution in [0.1, 0.15) is 5.56 Å². The third-order valence-electron chi connectivity index (χ3n) is 2.93. The molecule has 6 heteroatoms. The third-order valence-corrected chi connectivity index (χ3v) is 2.93. The minimum Gasteiger partial charge on any atom is -0.496 e. The number of aromatic amines is 1. The molecule has 96 valence electrons. The van der Waals surface area contributed by atoms with Gasteiger partial charge in [0.05, 0.1) is 12.7 Å². The highest BCUT2D eigenvalue weighted by Gasteiger charge is 2.13. The number of aryl methyl sites for hydroxylation is 1. The molecule has 2 heterocycles. The van der Waals surface area contributed by atoms with E-state index >= 15 is 0 Å². The minimum atomic E-state index is -0.320. The molecule has 0 aliphatic heterocycles. The molecule has 0 radical (unpaired) electrons. The summed E-state index contributed by atoms with van der Waals surface area (Å²) in [5.74, 6) is 1.29. The van der Waals surface area contributed by atoms with Crippen LogP contribution in [-0.4, -0.2) is 26.7 Å². The number of fused-ring (bicyclic) bond motifs is 1. The van der Waals surface area contributed by atoms with Gasteiger partial charge in [0, 0.05) is 12.4 Å². The van der Waals surface area contributed by atoms with Crippen LogP contribution in [0.3, 0.4) is 0 Å². The Labute approximate surface area is 108 Å². The number of hydrogen-bond acceptors (Lipinski definition) is 4. The fraction of sp³-hybridized carbons (Fsp3) is 0.154. The van der Waals surface area contributed by atoms with Gasteiger partial charge in [-0.05, 0) is 24.6 Å². The topological polar surface area (TPSA) is 72.3 Å². The molecule has 0 fully saturated rings. The van der Waals surface area contributed by atoms with E-state index < -0.39 is 0 Å². The molecule has 1 aromatic carbocycles. The second-order valence-corrected chi connectivity index (χ2v) is 4.20. The van der Waals surface area contributed by atoms with E-state index in [-0.39, 0.29) is 5.56 Å². The number of benzene rings is 1. The summed E-state index contributed by atoms with van der Waals surface area (Å²) in [5.41, 5.74) is 1.88. The van der Waals surface area contributed by atoms with Gasteiger partial charge in [0.2, 0.25) is 5.65 Å². The summed E-state index contributed by atoms with van der Waals surface area (Å²) in [6.45, 7) is 1.99. The van der Waals surface area contributed by atoms with E-state index in [4.69, 9.17) is 4.74 Å². The molecule has 3 aromatic rings. The normalized spacial score (nSPS) is 10.8. The molecule has 0 unspecified atom stereocenters. The average molecular weight is 256 g/mol. The fourth-order valence-corrected chi connectivity index (χ4v) is 2.02. The van der Waals surface area contributed by atoms with Crippen molar-refractivity contribution < 1.29 is 4.74 Å². The molecule has 6 nitrogen and oxygen atoms in total. The van der Waals surface area contributed by atoms with Crippen molar-refractivity contribution in [2.75, 3.05) is 7.11 Å². The van der Waals surface area contributed by atoms with Gasteiger partial charge in [0.15, 0.2) is 5.82 Å². The Balaban J connectivity index is 2.33. The quantitative estimate of drug-likeness (QED) is 0.752. The lowest BCUT2D eigenvalue weighted by atomic mass is 10.1. The van der Waals surface area contributed by atoms with Crippen LogP contribution in [0.15, 0.2) is 35.4 Å². The number of hydrogen-bond donors (Lipinski definition) is 1. The predicted octanol–water partition coefficient (Wildman–Crippen LogP) is 1.40. The lowest BCUT2D eigenvalue weighted by molar-refractivity contribution is 0.415. The van der Waals surface area contributed by atoms with Crippen molar-refractivity contribution in [2.24, 2.45) is 0 Å². The number of aromatic nitrogens is 4. The molecular weight excluding hydrogens is 244 g/mol. The first-order chi connectivity index (χ1) is 9.20. The van der Waals surface area contributed by atoms with Crippen LogP contribution in [0.2, 0.25) is 0 Å². The van der Waals surface area contributed by atoms with Gasteiger partial charge in [0.25, 0.3) is 0 Å². The molecule has 19 heavy (non-hydrogen) atoms. The zero-order valence-corrected chi connectivity index (χ0v) is 10.5. The lowest BCUT2D eigenvalue weighted by Crippen LogP contribution is -2.14. The Kier molecular flexibility index (Phi) is 2.56. The Hall–Kier alpha value is -2.63. The molecule has 3 rings (SSSR count). The van der Waals surface area contributed by atoms with Crippen molar-refractivity contribution in [1.29, 1.82) is 0 Å². The van der Waals surface area contributed by atoms with Crippen LogP contribution < -0.4 is 10.3 Å². The van der Waals surface area contributed by atoms with Crippen LogP contribution in [-0.2, 0) is 0 Å². The zero-order chi connectivity index (χ0) is 13.4. The number of nitrogens with one attached hydrogen (secondary N) is 1. The van der Waals surface area contributed by atoms with Crippen molar-refractivity contribution in [3.8, 4) is 17.1 Å². The van der Waals surface area contributed by atoms with Gasteiger partial charge in [-0.3, -0.25) is 9.20 Å². The van der Waals surface area contributed by atoms with E-state index in [9.17, 15) is 4.79 Å². The SMILES string of the molecule is COc1cc(C)ccc1-c1n[nH]c(=O)c2nccn12. The Morgan fingerprint density at radius 3 is 3.00 bits per heavy atom. The first-order valence-electron chi connectivity index (χ1n) is 5.77. The Morgan fingerprint density at radius 2 is 2.21 bits per heavy atom. The summed E-state index contributed by atoms with van der Waals surface area (Å²) < 4.78 is 7.02. The molecule has 0 spiro atoms. The van der Waals surface area contributed by atoms with Gasteiger partial charge < -0.3 is 4.74 Å². The van der Waals surface area contributed by atoms with E-state index in [0.29, 0.717) is 17.2 Å². The fourth-order valence-electron chi connectivity index (χ4n) is 2.02. The summed E-state index contributed by atoms with van der Waals surface area (Å²) in [4.78, 5) is 15.6. The molecular formula is C13H12N4O2. The first kappa shape index (κ1) is 11.5. The predicted molar refractivity (Wildman–Crippen MR) is 70.3 cm³/mol. The number of rotatable bonds is 2. The van der Waals surface area contributed by atoms with Crippen molar-refractivity contribution in [1.82, 2.24) is 19.6 Å². The van der Waals surface area contributed by atoms with Gasteiger partial charge in [-0.15, -0.1) is 0 Å². The van der Waals surface area contributed by atoms with E-state index in [1.54, 1.807) is 23.9 Å². The Bertz CT molecular complexity index is 804. The van der Waals surface area contributed by atoms with E-state index in [1.807, 2.05) is 25.1 Å². The van der Waals surface area contributed by atoms with E-state index in [0.717, 1.165) is 11.1 Å². The lowest BCUT2D eigenvalue weighted by Gasteiger charge is -2.09. The number of H-pyrrole nitrogens is 1. The third kappa shape index (κ3) is 1.77. The summed E-state index contributed by atoms with van der Waals surface area (Å²) in [5, 5.41) is 6.54. The van der Waals surface area contributed by atoms with Gasteiger partial charge in [-0.2, -0.15) is 5.10 Å². The number of nitrogens with zero attached hydrogens (tertiary/aromatic N) is 3. The monoisotopic (exact) mass is 256 g/mol. The smallest absolute Gasteiger partial charge is 0.307 e. The maximum atomic E-state index is 11.6. The van der Waals surface area contributed by atoms with Crippen LogP contribution in [0.25, 0.3) is 17.0 Å². The number of methoxy groups -OCH3 is 1. The van der Waals surface area contributed by atoms with Gasteiger partial charge in [0.1, 0.15) is 5.75 Å². The maximum absolute atomic E-state index is 11.6.